The molecule has 2 aromatic rings. The summed E-state index contributed by atoms with van der Waals surface area (Å²) >= 11 is 4.16. The standard InChI is InChI=1S/C16H14BrF2NS/c17-14-3-1-2-13-12(14)8-9-15(13)20-10-4-6-11(7-5-10)21-16(18)19/h1-7,15-16,20H,8-9H2. The van der Waals surface area contributed by atoms with Crippen LogP contribution in [0.4, 0.5) is 14.5 Å². The second-order valence-corrected chi connectivity index (χ2v) is 6.86. The van der Waals surface area contributed by atoms with Gasteiger partial charge in [-0.15, -0.1) is 0 Å². The van der Waals surface area contributed by atoms with E-state index in [1.165, 1.54) is 11.1 Å². The van der Waals surface area contributed by atoms with Crippen LogP contribution in [0.2, 0.25) is 0 Å². The monoisotopic (exact) mass is 369 g/mol. The van der Waals surface area contributed by atoms with Crippen LogP contribution in [0.25, 0.3) is 0 Å². The van der Waals surface area contributed by atoms with Crippen LogP contribution >= 0.6 is 27.7 Å². The van der Waals surface area contributed by atoms with Crippen LogP contribution in [0.5, 0.6) is 0 Å². The summed E-state index contributed by atoms with van der Waals surface area (Å²) in [5.41, 5.74) is 3.64. The highest BCUT2D eigenvalue weighted by Gasteiger charge is 2.23. The van der Waals surface area contributed by atoms with Gasteiger partial charge in [-0.25, -0.2) is 0 Å². The van der Waals surface area contributed by atoms with Crippen LogP contribution in [0.3, 0.4) is 0 Å². The number of anilines is 1. The van der Waals surface area contributed by atoms with Gasteiger partial charge in [-0.2, -0.15) is 8.78 Å². The van der Waals surface area contributed by atoms with Crippen molar-refractivity contribution in [1.29, 1.82) is 0 Å². The molecule has 0 amide bonds. The van der Waals surface area contributed by atoms with Crippen molar-refractivity contribution in [1.82, 2.24) is 0 Å². The molecule has 5 heteroatoms. The quantitative estimate of drug-likeness (QED) is 0.677. The summed E-state index contributed by atoms with van der Waals surface area (Å²) in [6, 6.07) is 13.7. The molecule has 0 bridgehead atoms. The van der Waals surface area contributed by atoms with Crippen molar-refractivity contribution in [2.45, 2.75) is 29.5 Å². The van der Waals surface area contributed by atoms with Gasteiger partial charge in [0.05, 0.1) is 6.04 Å². The zero-order valence-electron chi connectivity index (χ0n) is 11.2. The van der Waals surface area contributed by atoms with E-state index in [1.54, 1.807) is 12.1 Å². The Bertz CT molecular complexity index is 631. The molecule has 2 aromatic carbocycles. The Balaban J connectivity index is 1.73. The first-order chi connectivity index (χ1) is 10.1. The summed E-state index contributed by atoms with van der Waals surface area (Å²) in [5.74, 6) is -2.37. The molecular weight excluding hydrogens is 356 g/mol. The van der Waals surface area contributed by atoms with E-state index in [2.05, 4.69) is 33.4 Å². The Labute approximate surface area is 135 Å². The summed E-state index contributed by atoms with van der Waals surface area (Å²) in [6.45, 7) is 0. The lowest BCUT2D eigenvalue weighted by atomic mass is 10.1. The summed E-state index contributed by atoms with van der Waals surface area (Å²) in [7, 11) is 0. The Morgan fingerprint density at radius 2 is 1.90 bits per heavy atom. The van der Waals surface area contributed by atoms with E-state index < -0.39 is 5.76 Å². The van der Waals surface area contributed by atoms with Gasteiger partial charge in [0, 0.05) is 15.1 Å². The first-order valence-corrected chi connectivity index (χ1v) is 8.39. The van der Waals surface area contributed by atoms with Crippen molar-refractivity contribution in [3.05, 3.63) is 58.1 Å². The fraction of sp³-hybridized carbons (Fsp3) is 0.250. The number of thioether (sulfide) groups is 1. The van der Waals surface area contributed by atoms with Crippen LogP contribution in [-0.2, 0) is 6.42 Å². The minimum atomic E-state index is -2.37. The highest BCUT2D eigenvalue weighted by molar-refractivity contribution is 9.10. The van der Waals surface area contributed by atoms with Crippen LogP contribution < -0.4 is 5.32 Å². The molecule has 1 aliphatic carbocycles. The molecular formula is C16H14BrF2NS. The summed E-state index contributed by atoms with van der Waals surface area (Å²) in [6.07, 6.45) is 2.10. The smallest absolute Gasteiger partial charge is 0.288 e. The van der Waals surface area contributed by atoms with E-state index >= 15 is 0 Å². The van der Waals surface area contributed by atoms with E-state index in [-0.39, 0.29) is 6.04 Å². The average Bonchev–Trinajstić information content (AvgIpc) is 2.85. The lowest BCUT2D eigenvalue weighted by molar-refractivity contribution is 0.252. The second kappa shape index (κ2) is 6.36. The molecule has 1 nitrogen and oxygen atoms in total. The van der Waals surface area contributed by atoms with Gasteiger partial charge in [0.15, 0.2) is 0 Å². The molecule has 0 aromatic heterocycles. The fourth-order valence-electron chi connectivity index (χ4n) is 2.69. The SMILES string of the molecule is FC(F)Sc1ccc(NC2CCc3c(Br)cccc32)cc1. The van der Waals surface area contributed by atoms with Gasteiger partial charge in [-0.3, -0.25) is 0 Å². The molecule has 0 spiro atoms. The number of fused-ring (bicyclic) bond motifs is 1. The minimum Gasteiger partial charge on any atom is -0.378 e. The van der Waals surface area contributed by atoms with E-state index in [1.807, 2.05) is 18.2 Å². The second-order valence-electron chi connectivity index (χ2n) is 4.95. The fourth-order valence-corrected chi connectivity index (χ4v) is 3.77. The number of rotatable bonds is 4. The summed E-state index contributed by atoms with van der Waals surface area (Å²) < 4.78 is 25.7. The maximum atomic E-state index is 12.3. The van der Waals surface area contributed by atoms with Crippen molar-refractivity contribution in [2.75, 3.05) is 5.32 Å². The van der Waals surface area contributed by atoms with Crippen molar-refractivity contribution < 1.29 is 8.78 Å². The maximum Gasteiger partial charge on any atom is 0.288 e. The van der Waals surface area contributed by atoms with Gasteiger partial charge in [0.25, 0.3) is 5.76 Å². The number of halogens is 3. The highest BCUT2D eigenvalue weighted by atomic mass is 79.9. The van der Waals surface area contributed by atoms with E-state index in [0.29, 0.717) is 16.7 Å². The molecule has 21 heavy (non-hydrogen) atoms. The van der Waals surface area contributed by atoms with E-state index in [4.69, 9.17) is 0 Å². The van der Waals surface area contributed by atoms with Gasteiger partial charge < -0.3 is 5.32 Å². The lowest BCUT2D eigenvalue weighted by Gasteiger charge is -2.16. The predicted octanol–water partition coefficient (Wildman–Crippen LogP) is 5.86. The zero-order chi connectivity index (χ0) is 14.8. The molecule has 1 unspecified atom stereocenters. The van der Waals surface area contributed by atoms with E-state index in [0.717, 1.165) is 23.0 Å². The molecule has 0 fully saturated rings. The summed E-state index contributed by atoms with van der Waals surface area (Å²) in [5, 5.41) is 3.49. The molecule has 1 aliphatic rings. The van der Waals surface area contributed by atoms with Crippen molar-refractivity contribution in [3.8, 4) is 0 Å². The minimum absolute atomic E-state index is 0.283. The van der Waals surface area contributed by atoms with Crippen molar-refractivity contribution >= 4 is 33.4 Å². The molecule has 0 aliphatic heterocycles. The first kappa shape index (κ1) is 14.9. The highest BCUT2D eigenvalue weighted by Crippen LogP contribution is 2.37. The van der Waals surface area contributed by atoms with Crippen LogP contribution in [0.15, 0.2) is 51.8 Å². The van der Waals surface area contributed by atoms with Gasteiger partial charge in [-0.05, 0) is 54.3 Å². The predicted molar refractivity (Wildman–Crippen MR) is 87.1 cm³/mol. The largest absolute Gasteiger partial charge is 0.378 e. The van der Waals surface area contributed by atoms with Gasteiger partial charge in [0.2, 0.25) is 0 Å². The van der Waals surface area contributed by atoms with Crippen molar-refractivity contribution in [3.63, 3.8) is 0 Å². The van der Waals surface area contributed by atoms with Gasteiger partial charge >= 0.3 is 0 Å². The number of hydrogen-bond acceptors (Lipinski definition) is 2. The molecule has 110 valence electrons. The van der Waals surface area contributed by atoms with Crippen LogP contribution in [0, 0.1) is 0 Å². The normalized spacial score (nSPS) is 17.0. The number of nitrogens with one attached hydrogen (secondary N) is 1. The molecule has 0 radical (unpaired) electrons. The van der Waals surface area contributed by atoms with E-state index in [9.17, 15) is 8.78 Å². The van der Waals surface area contributed by atoms with Gasteiger partial charge in [0.1, 0.15) is 0 Å². The number of hydrogen-bond donors (Lipinski definition) is 1. The molecule has 0 saturated heterocycles. The summed E-state index contributed by atoms with van der Waals surface area (Å²) in [4.78, 5) is 0.588. The third-order valence-corrected chi connectivity index (χ3v) is 5.10. The van der Waals surface area contributed by atoms with Gasteiger partial charge in [-0.1, -0.05) is 39.8 Å². The third-order valence-electron chi connectivity index (χ3n) is 3.63. The maximum absolute atomic E-state index is 12.3. The topological polar surface area (TPSA) is 12.0 Å². The molecule has 1 atom stereocenters. The Morgan fingerprint density at radius 3 is 2.62 bits per heavy atom. The zero-order valence-corrected chi connectivity index (χ0v) is 13.6. The molecule has 1 N–H and O–H groups in total. The molecule has 0 heterocycles. The first-order valence-electron chi connectivity index (χ1n) is 6.72. The Hall–Kier alpha value is -1.07. The lowest BCUT2D eigenvalue weighted by Crippen LogP contribution is -2.06. The van der Waals surface area contributed by atoms with Crippen LogP contribution in [0.1, 0.15) is 23.6 Å². The molecule has 3 rings (SSSR count). The Morgan fingerprint density at radius 1 is 1.14 bits per heavy atom. The van der Waals surface area contributed by atoms with Crippen LogP contribution in [-0.4, -0.2) is 5.76 Å². The number of alkyl halides is 2. The molecule has 0 saturated carbocycles. The number of benzene rings is 2. The average molecular weight is 370 g/mol. The Kier molecular flexibility index (Phi) is 4.50. The van der Waals surface area contributed by atoms with Crippen molar-refractivity contribution in [2.24, 2.45) is 0 Å². The third kappa shape index (κ3) is 3.40.